The third kappa shape index (κ3) is 2.70. The maximum absolute atomic E-state index is 11.0. The highest BCUT2D eigenvalue weighted by Crippen LogP contribution is 2.16. The number of carbonyl (C=O) groups excluding carboxylic acids is 1. The normalized spacial score (nSPS) is 10.4. The Bertz CT molecular complexity index is 378. The van der Waals surface area contributed by atoms with E-state index in [9.17, 15) is 9.59 Å². The fourth-order valence-corrected chi connectivity index (χ4v) is 1.61. The topological polar surface area (TPSA) is 63.6 Å². The van der Waals surface area contributed by atoms with Gasteiger partial charge in [0.2, 0.25) is 0 Å². The lowest BCUT2D eigenvalue weighted by Gasteiger charge is -1.90. The molecule has 0 aliphatic heterocycles. The van der Waals surface area contributed by atoms with Gasteiger partial charge in [0.1, 0.15) is 4.88 Å². The molecule has 0 atom stereocenters. The Morgan fingerprint density at radius 2 is 2.29 bits per heavy atom. The van der Waals surface area contributed by atoms with Crippen LogP contribution in [-0.4, -0.2) is 24.2 Å². The van der Waals surface area contributed by atoms with Gasteiger partial charge in [0.05, 0.1) is 7.11 Å². The number of aliphatic carboxylic acids is 1. The smallest absolute Gasteiger partial charge is 0.348 e. The number of carboxylic acid groups (broad SMARTS) is 1. The van der Waals surface area contributed by atoms with Gasteiger partial charge >= 0.3 is 11.9 Å². The van der Waals surface area contributed by atoms with E-state index in [-0.39, 0.29) is 0 Å². The molecule has 5 heteroatoms. The Kier molecular flexibility index (Phi) is 3.41. The number of thiophene rings is 1. The van der Waals surface area contributed by atoms with Gasteiger partial charge in [-0.2, -0.15) is 0 Å². The highest BCUT2D eigenvalue weighted by atomic mass is 32.1. The molecule has 0 bridgehead atoms. The molecule has 14 heavy (non-hydrogen) atoms. The van der Waals surface area contributed by atoms with E-state index >= 15 is 0 Å². The van der Waals surface area contributed by atoms with Crippen molar-refractivity contribution in [1.82, 2.24) is 0 Å². The Hall–Kier alpha value is -1.62. The number of esters is 1. The minimum atomic E-state index is -1.02. The van der Waals surface area contributed by atoms with Gasteiger partial charge in [-0.25, -0.2) is 9.59 Å². The van der Waals surface area contributed by atoms with E-state index in [4.69, 9.17) is 5.11 Å². The predicted molar refractivity (Wildman–Crippen MR) is 52.3 cm³/mol. The molecule has 0 fully saturated rings. The summed E-state index contributed by atoms with van der Waals surface area (Å²) in [6.45, 7) is 0. The molecule has 74 valence electrons. The molecule has 4 nitrogen and oxygen atoms in total. The largest absolute Gasteiger partial charge is 0.478 e. The van der Waals surface area contributed by atoms with E-state index in [0.29, 0.717) is 10.4 Å². The Balaban J connectivity index is 2.78. The average Bonchev–Trinajstić information content (AvgIpc) is 2.62. The van der Waals surface area contributed by atoms with Crippen molar-refractivity contribution in [1.29, 1.82) is 0 Å². The summed E-state index contributed by atoms with van der Waals surface area (Å²) < 4.78 is 4.51. The highest BCUT2D eigenvalue weighted by Gasteiger charge is 2.07. The maximum Gasteiger partial charge on any atom is 0.348 e. The lowest BCUT2D eigenvalue weighted by Crippen LogP contribution is -1.96. The van der Waals surface area contributed by atoms with Crippen molar-refractivity contribution < 1.29 is 19.4 Å². The third-order valence-electron chi connectivity index (χ3n) is 1.42. The zero-order chi connectivity index (χ0) is 10.6. The predicted octanol–water partition coefficient (Wildman–Crippen LogP) is 1.63. The second-order valence-electron chi connectivity index (χ2n) is 2.41. The van der Waals surface area contributed by atoms with E-state index in [1.165, 1.54) is 24.5 Å². The zero-order valence-electron chi connectivity index (χ0n) is 7.39. The van der Waals surface area contributed by atoms with Crippen LogP contribution in [0.5, 0.6) is 0 Å². The second kappa shape index (κ2) is 4.57. The molecule has 0 aliphatic rings. The van der Waals surface area contributed by atoms with Gasteiger partial charge in [-0.15, -0.1) is 11.3 Å². The summed E-state index contributed by atoms with van der Waals surface area (Å²) in [7, 11) is 1.30. The molecule has 0 saturated heterocycles. The van der Waals surface area contributed by atoms with Crippen LogP contribution < -0.4 is 0 Å². The number of hydrogen-bond donors (Lipinski definition) is 1. The maximum atomic E-state index is 11.0. The first-order valence-electron chi connectivity index (χ1n) is 3.71. The molecule has 0 unspecified atom stereocenters. The number of carbonyl (C=O) groups is 2. The van der Waals surface area contributed by atoms with E-state index in [1.807, 2.05) is 0 Å². The minimum Gasteiger partial charge on any atom is -0.478 e. The van der Waals surface area contributed by atoms with E-state index in [2.05, 4.69) is 4.74 Å². The summed E-state index contributed by atoms with van der Waals surface area (Å²) in [6.07, 6.45) is 2.44. The van der Waals surface area contributed by atoms with Crippen LogP contribution in [0.15, 0.2) is 17.5 Å². The molecule has 0 aromatic carbocycles. The van der Waals surface area contributed by atoms with Crippen LogP contribution in [0.25, 0.3) is 6.08 Å². The number of ether oxygens (including phenoxy) is 1. The van der Waals surface area contributed by atoms with Gasteiger partial charge < -0.3 is 9.84 Å². The summed E-state index contributed by atoms with van der Waals surface area (Å²) in [5, 5.41) is 10.0. The molecule has 0 amide bonds. The van der Waals surface area contributed by atoms with Crippen LogP contribution in [-0.2, 0) is 9.53 Å². The fourth-order valence-electron chi connectivity index (χ4n) is 0.813. The number of rotatable bonds is 3. The molecule has 1 aromatic rings. The number of hydrogen-bond acceptors (Lipinski definition) is 4. The number of carboxylic acids is 1. The lowest BCUT2D eigenvalue weighted by molar-refractivity contribution is -0.131. The SMILES string of the molecule is COC(=O)c1cc(C=CC(=O)O)cs1. The van der Waals surface area contributed by atoms with Crippen molar-refractivity contribution in [2.24, 2.45) is 0 Å². The molecule has 0 spiro atoms. The van der Waals surface area contributed by atoms with Crippen molar-refractivity contribution in [2.75, 3.05) is 7.11 Å². The lowest BCUT2D eigenvalue weighted by atomic mass is 10.3. The minimum absolute atomic E-state index is 0.412. The van der Waals surface area contributed by atoms with Crippen LogP contribution in [0.4, 0.5) is 0 Å². The average molecular weight is 212 g/mol. The summed E-state index contributed by atoms with van der Waals surface area (Å²) >= 11 is 1.22. The second-order valence-corrected chi connectivity index (χ2v) is 3.32. The molecule has 1 heterocycles. The highest BCUT2D eigenvalue weighted by molar-refractivity contribution is 7.12. The van der Waals surface area contributed by atoms with E-state index in [0.717, 1.165) is 6.08 Å². The summed E-state index contributed by atoms with van der Waals surface area (Å²) in [5.74, 6) is -1.43. The van der Waals surface area contributed by atoms with E-state index in [1.54, 1.807) is 11.4 Å². The van der Waals surface area contributed by atoms with Crippen LogP contribution in [0.2, 0.25) is 0 Å². The van der Waals surface area contributed by atoms with Gasteiger partial charge in [-0.3, -0.25) is 0 Å². The summed E-state index contributed by atoms with van der Waals surface area (Å²) in [5.41, 5.74) is 0.679. The molecule has 0 radical (unpaired) electrons. The molecular formula is C9H8O4S. The van der Waals surface area contributed by atoms with E-state index < -0.39 is 11.9 Å². The van der Waals surface area contributed by atoms with Gasteiger partial charge in [0, 0.05) is 6.08 Å². The fraction of sp³-hybridized carbons (Fsp3) is 0.111. The Labute approximate surface area is 84.4 Å². The van der Waals surface area contributed by atoms with Gasteiger partial charge in [-0.05, 0) is 23.1 Å². The van der Waals surface area contributed by atoms with Crippen LogP contribution in [0.1, 0.15) is 15.2 Å². The summed E-state index contributed by atoms with van der Waals surface area (Å²) in [4.78, 5) is 21.7. The first kappa shape index (κ1) is 10.5. The molecular weight excluding hydrogens is 204 g/mol. The first-order valence-corrected chi connectivity index (χ1v) is 4.59. The van der Waals surface area contributed by atoms with Crippen molar-refractivity contribution in [3.8, 4) is 0 Å². The Morgan fingerprint density at radius 1 is 1.57 bits per heavy atom. The number of methoxy groups -OCH3 is 1. The molecule has 1 N–H and O–H groups in total. The van der Waals surface area contributed by atoms with Crippen LogP contribution >= 0.6 is 11.3 Å². The van der Waals surface area contributed by atoms with Gasteiger partial charge in [0.15, 0.2) is 0 Å². The van der Waals surface area contributed by atoms with Gasteiger partial charge in [0.25, 0.3) is 0 Å². The summed E-state index contributed by atoms with van der Waals surface area (Å²) in [6, 6.07) is 1.58. The standard InChI is InChI=1S/C9H8O4S/c1-13-9(12)7-4-6(5-14-7)2-3-8(10)11/h2-5H,1H3,(H,10,11). The molecule has 1 aromatic heterocycles. The monoisotopic (exact) mass is 212 g/mol. The molecule has 0 aliphatic carbocycles. The zero-order valence-corrected chi connectivity index (χ0v) is 8.21. The van der Waals surface area contributed by atoms with Crippen molar-refractivity contribution >= 4 is 29.4 Å². The third-order valence-corrected chi connectivity index (χ3v) is 2.35. The van der Waals surface area contributed by atoms with Crippen LogP contribution in [0, 0.1) is 0 Å². The molecule has 0 saturated carbocycles. The van der Waals surface area contributed by atoms with Crippen LogP contribution in [0.3, 0.4) is 0 Å². The quantitative estimate of drug-likeness (QED) is 0.611. The Morgan fingerprint density at radius 3 is 2.86 bits per heavy atom. The first-order chi connectivity index (χ1) is 6.63. The van der Waals surface area contributed by atoms with Gasteiger partial charge in [-0.1, -0.05) is 0 Å². The molecule has 1 rings (SSSR count). The van der Waals surface area contributed by atoms with Crippen molar-refractivity contribution in [3.05, 3.63) is 28.0 Å². The van der Waals surface area contributed by atoms with Crippen molar-refractivity contribution in [3.63, 3.8) is 0 Å². The van der Waals surface area contributed by atoms with Crippen molar-refractivity contribution in [2.45, 2.75) is 0 Å².